The fourth-order valence-electron chi connectivity index (χ4n) is 1.15. The topological polar surface area (TPSA) is 63.4 Å². The van der Waals surface area contributed by atoms with Gasteiger partial charge in [0.2, 0.25) is 10.0 Å². The minimum atomic E-state index is -3.11. The van der Waals surface area contributed by atoms with Crippen LogP contribution in [0.5, 0.6) is 0 Å². The van der Waals surface area contributed by atoms with Crippen LogP contribution in [0.15, 0.2) is 0 Å². The first-order valence-corrected chi connectivity index (χ1v) is 8.10. The maximum Gasteiger partial charge on any atom is 0.214 e. The molecule has 1 unspecified atom stereocenters. The molecule has 0 aromatic carbocycles. The van der Waals surface area contributed by atoms with Gasteiger partial charge in [0.05, 0.1) is 5.75 Å². The summed E-state index contributed by atoms with van der Waals surface area (Å²) in [6.07, 6.45) is 3.44. The molecular formula is C9H22N2O2S2. The Balaban J connectivity index is 4.21. The molecule has 15 heavy (non-hydrogen) atoms. The molecule has 0 heterocycles. The molecule has 0 fully saturated rings. The van der Waals surface area contributed by atoms with Gasteiger partial charge in [-0.2, -0.15) is 11.8 Å². The van der Waals surface area contributed by atoms with E-state index in [0.717, 1.165) is 12.2 Å². The fourth-order valence-corrected chi connectivity index (χ4v) is 3.20. The highest BCUT2D eigenvalue weighted by Crippen LogP contribution is 2.11. The van der Waals surface area contributed by atoms with E-state index in [0.29, 0.717) is 13.0 Å². The lowest BCUT2D eigenvalue weighted by Gasteiger charge is -2.23. The summed E-state index contributed by atoms with van der Waals surface area (Å²) in [6.45, 7) is 2.36. The van der Waals surface area contributed by atoms with Gasteiger partial charge in [0.25, 0.3) is 0 Å². The molecule has 0 radical (unpaired) electrons. The zero-order chi connectivity index (χ0) is 11.9. The Morgan fingerprint density at radius 3 is 2.53 bits per heavy atom. The summed E-state index contributed by atoms with van der Waals surface area (Å²) < 4.78 is 25.0. The first kappa shape index (κ1) is 15.2. The third-order valence-electron chi connectivity index (χ3n) is 2.41. The Morgan fingerprint density at radius 1 is 1.47 bits per heavy atom. The molecule has 0 aliphatic carbocycles. The van der Waals surface area contributed by atoms with E-state index in [-0.39, 0.29) is 11.8 Å². The van der Waals surface area contributed by atoms with E-state index in [4.69, 9.17) is 5.73 Å². The summed E-state index contributed by atoms with van der Waals surface area (Å²) in [5, 5.41) is 0. The average Bonchev–Trinajstić information content (AvgIpc) is 2.21. The van der Waals surface area contributed by atoms with Crippen LogP contribution in [0.25, 0.3) is 0 Å². The second-order valence-electron chi connectivity index (χ2n) is 3.60. The van der Waals surface area contributed by atoms with Gasteiger partial charge in [-0.15, -0.1) is 0 Å². The van der Waals surface area contributed by atoms with Gasteiger partial charge in [-0.1, -0.05) is 0 Å². The molecule has 6 heteroatoms. The predicted octanol–water partition coefficient (Wildman–Crippen LogP) is 0.738. The van der Waals surface area contributed by atoms with Crippen molar-refractivity contribution in [3.8, 4) is 0 Å². The molecular weight excluding hydrogens is 232 g/mol. The van der Waals surface area contributed by atoms with Crippen molar-refractivity contribution >= 4 is 21.8 Å². The molecule has 0 saturated carbocycles. The first-order valence-electron chi connectivity index (χ1n) is 5.10. The van der Waals surface area contributed by atoms with E-state index in [9.17, 15) is 8.42 Å². The van der Waals surface area contributed by atoms with Gasteiger partial charge in [0, 0.05) is 13.1 Å². The zero-order valence-electron chi connectivity index (χ0n) is 9.77. The lowest BCUT2D eigenvalue weighted by Crippen LogP contribution is -2.37. The monoisotopic (exact) mass is 254 g/mol. The van der Waals surface area contributed by atoms with E-state index in [1.807, 2.05) is 13.2 Å². The van der Waals surface area contributed by atoms with E-state index in [1.165, 1.54) is 4.31 Å². The number of thioether (sulfide) groups is 1. The Bertz CT molecular complexity index is 255. The van der Waals surface area contributed by atoms with Crippen molar-refractivity contribution in [1.82, 2.24) is 4.31 Å². The maximum atomic E-state index is 11.8. The van der Waals surface area contributed by atoms with Crippen LogP contribution < -0.4 is 5.73 Å². The van der Waals surface area contributed by atoms with Gasteiger partial charge in [0.15, 0.2) is 0 Å². The summed E-state index contributed by atoms with van der Waals surface area (Å²) in [6, 6.07) is 0.0697. The van der Waals surface area contributed by atoms with Crippen molar-refractivity contribution in [2.24, 2.45) is 5.73 Å². The summed E-state index contributed by atoms with van der Waals surface area (Å²) in [4.78, 5) is 0. The van der Waals surface area contributed by atoms with Gasteiger partial charge < -0.3 is 5.73 Å². The summed E-state index contributed by atoms with van der Waals surface area (Å²) >= 11 is 1.73. The largest absolute Gasteiger partial charge is 0.330 e. The predicted molar refractivity (Wildman–Crippen MR) is 67.7 cm³/mol. The van der Waals surface area contributed by atoms with Crippen LogP contribution in [0.3, 0.4) is 0 Å². The number of sulfonamides is 1. The van der Waals surface area contributed by atoms with Gasteiger partial charge in [-0.3, -0.25) is 0 Å². The maximum absolute atomic E-state index is 11.8. The zero-order valence-corrected chi connectivity index (χ0v) is 11.4. The number of nitrogens with two attached hydrogens (primary N) is 1. The number of nitrogens with zero attached hydrogens (tertiary/aromatic N) is 1. The number of hydrogen-bond acceptors (Lipinski definition) is 4. The van der Waals surface area contributed by atoms with Crippen molar-refractivity contribution in [2.75, 3.05) is 31.4 Å². The molecule has 0 aromatic heterocycles. The molecule has 92 valence electrons. The third-order valence-corrected chi connectivity index (χ3v) is 5.09. The normalized spacial score (nSPS) is 14.5. The Kier molecular flexibility index (Phi) is 7.60. The van der Waals surface area contributed by atoms with Crippen LogP contribution in [0, 0.1) is 0 Å². The SMILES string of the molecule is CSCCC(C)N(C)S(=O)(=O)CCCN. The standard InChI is InChI=1S/C9H22N2O2S2/c1-9(5-7-14-3)11(2)15(12,13)8-4-6-10/h9H,4-8,10H2,1-3H3. The fraction of sp³-hybridized carbons (Fsp3) is 1.00. The van der Waals surface area contributed by atoms with Gasteiger partial charge in [-0.25, -0.2) is 12.7 Å². The highest BCUT2D eigenvalue weighted by Gasteiger charge is 2.21. The lowest BCUT2D eigenvalue weighted by molar-refractivity contribution is 0.382. The number of hydrogen-bond donors (Lipinski definition) is 1. The summed E-state index contributed by atoms with van der Waals surface area (Å²) in [5.74, 6) is 1.14. The molecule has 0 rings (SSSR count). The van der Waals surface area contributed by atoms with E-state index >= 15 is 0 Å². The molecule has 2 N–H and O–H groups in total. The van der Waals surface area contributed by atoms with Gasteiger partial charge in [-0.05, 0) is 38.3 Å². The third kappa shape index (κ3) is 5.75. The first-order chi connectivity index (χ1) is 6.95. The highest BCUT2D eigenvalue weighted by molar-refractivity contribution is 7.98. The Morgan fingerprint density at radius 2 is 2.07 bits per heavy atom. The van der Waals surface area contributed by atoms with Crippen molar-refractivity contribution in [1.29, 1.82) is 0 Å². The molecule has 4 nitrogen and oxygen atoms in total. The molecule has 1 atom stereocenters. The molecule has 0 amide bonds. The second kappa shape index (κ2) is 7.49. The molecule has 0 saturated heterocycles. The molecule has 0 aliphatic heterocycles. The van der Waals surface area contributed by atoms with Crippen LogP contribution in [0.1, 0.15) is 19.8 Å². The Hall–Kier alpha value is 0.220. The van der Waals surface area contributed by atoms with E-state index in [2.05, 4.69) is 0 Å². The van der Waals surface area contributed by atoms with Crippen LogP contribution in [0.2, 0.25) is 0 Å². The lowest BCUT2D eigenvalue weighted by atomic mass is 10.3. The van der Waals surface area contributed by atoms with Crippen molar-refractivity contribution < 1.29 is 8.42 Å². The number of rotatable bonds is 8. The molecule has 0 bridgehead atoms. The average molecular weight is 254 g/mol. The quantitative estimate of drug-likeness (QED) is 0.694. The van der Waals surface area contributed by atoms with Crippen LogP contribution in [-0.4, -0.2) is 50.1 Å². The molecule has 0 aromatic rings. The van der Waals surface area contributed by atoms with Crippen molar-refractivity contribution in [3.05, 3.63) is 0 Å². The Labute approximate surface area is 97.6 Å². The van der Waals surface area contributed by atoms with Crippen LogP contribution >= 0.6 is 11.8 Å². The van der Waals surface area contributed by atoms with Crippen LogP contribution in [0.4, 0.5) is 0 Å². The minimum absolute atomic E-state index is 0.0697. The second-order valence-corrected chi connectivity index (χ2v) is 6.74. The summed E-state index contributed by atoms with van der Waals surface area (Å²) in [7, 11) is -1.46. The van der Waals surface area contributed by atoms with Gasteiger partial charge >= 0.3 is 0 Å². The highest BCUT2D eigenvalue weighted by atomic mass is 32.2. The minimum Gasteiger partial charge on any atom is -0.330 e. The van der Waals surface area contributed by atoms with E-state index in [1.54, 1.807) is 18.8 Å². The molecule has 0 aliphatic rings. The molecule has 0 spiro atoms. The van der Waals surface area contributed by atoms with Crippen LogP contribution in [-0.2, 0) is 10.0 Å². The van der Waals surface area contributed by atoms with Crippen molar-refractivity contribution in [2.45, 2.75) is 25.8 Å². The van der Waals surface area contributed by atoms with Crippen molar-refractivity contribution in [3.63, 3.8) is 0 Å². The summed E-state index contributed by atoms with van der Waals surface area (Å²) in [5.41, 5.74) is 5.31. The van der Waals surface area contributed by atoms with Gasteiger partial charge in [0.1, 0.15) is 0 Å². The van der Waals surface area contributed by atoms with E-state index < -0.39 is 10.0 Å². The smallest absolute Gasteiger partial charge is 0.214 e.